The second kappa shape index (κ2) is 7.85. The highest BCUT2D eigenvalue weighted by Crippen LogP contribution is 2.26. The monoisotopic (exact) mass is 377 g/mol. The van der Waals surface area contributed by atoms with Crippen LogP contribution in [0.2, 0.25) is 0 Å². The fourth-order valence-corrected chi connectivity index (χ4v) is 2.30. The van der Waals surface area contributed by atoms with Crippen LogP contribution in [0.4, 0.5) is 13.2 Å². The number of amides is 1. The first kappa shape index (κ1) is 18.4. The van der Waals surface area contributed by atoms with E-state index in [4.69, 9.17) is 0 Å². The molecule has 0 unspecified atom stereocenters. The predicted molar refractivity (Wildman–Crippen MR) is 88.7 cm³/mol. The third kappa shape index (κ3) is 5.03. The van der Waals surface area contributed by atoms with Gasteiger partial charge in [0.15, 0.2) is 0 Å². The Hall–Kier alpha value is -3.43. The molecule has 1 amide bonds. The molecule has 3 rings (SSSR count). The zero-order valence-corrected chi connectivity index (χ0v) is 13.8. The van der Waals surface area contributed by atoms with E-state index in [0.717, 1.165) is 6.07 Å². The number of hydrogen-bond acceptors (Lipinski definition) is 5. The Morgan fingerprint density at radius 1 is 1.15 bits per heavy atom. The number of carbonyl (C=O) groups excluding carboxylic acids is 1. The van der Waals surface area contributed by atoms with Crippen LogP contribution >= 0.6 is 0 Å². The molecule has 0 atom stereocenters. The van der Waals surface area contributed by atoms with Gasteiger partial charge in [0.05, 0.1) is 18.3 Å². The van der Waals surface area contributed by atoms with Crippen molar-refractivity contribution >= 4 is 5.91 Å². The van der Waals surface area contributed by atoms with Crippen LogP contribution in [-0.4, -0.2) is 38.6 Å². The molecular weight excluding hydrogens is 363 g/mol. The van der Waals surface area contributed by atoms with Gasteiger partial charge in [-0.15, -0.1) is 13.2 Å². The Morgan fingerprint density at radius 2 is 1.96 bits per heavy atom. The highest BCUT2D eigenvalue weighted by molar-refractivity contribution is 5.96. The van der Waals surface area contributed by atoms with Gasteiger partial charge in [-0.1, -0.05) is 12.1 Å². The van der Waals surface area contributed by atoms with Crippen molar-refractivity contribution in [2.75, 3.05) is 6.54 Å². The molecule has 0 spiro atoms. The topological polar surface area (TPSA) is 81.9 Å². The van der Waals surface area contributed by atoms with Crippen molar-refractivity contribution in [1.29, 1.82) is 0 Å². The number of aromatic nitrogens is 4. The van der Waals surface area contributed by atoms with E-state index in [1.807, 2.05) is 0 Å². The normalized spacial score (nSPS) is 11.2. The Bertz CT molecular complexity index is 912. The largest absolute Gasteiger partial charge is 0.573 e. The molecule has 1 N–H and O–H groups in total. The Kier molecular flexibility index (Phi) is 5.34. The number of alkyl halides is 3. The first-order chi connectivity index (χ1) is 12.9. The zero-order chi connectivity index (χ0) is 19.3. The van der Waals surface area contributed by atoms with Gasteiger partial charge in [-0.2, -0.15) is 5.10 Å². The fraction of sp³-hybridized carbons (Fsp3) is 0.176. The fourth-order valence-electron chi connectivity index (χ4n) is 2.30. The van der Waals surface area contributed by atoms with Crippen LogP contribution in [0.1, 0.15) is 10.4 Å². The predicted octanol–water partition coefficient (Wildman–Crippen LogP) is 2.67. The number of para-hydroxylation sites is 1. The van der Waals surface area contributed by atoms with E-state index in [1.54, 1.807) is 35.5 Å². The van der Waals surface area contributed by atoms with Crippen molar-refractivity contribution < 1.29 is 22.7 Å². The van der Waals surface area contributed by atoms with Crippen molar-refractivity contribution in [3.8, 4) is 17.1 Å². The summed E-state index contributed by atoms with van der Waals surface area (Å²) in [7, 11) is 0. The molecule has 0 saturated carbocycles. The number of nitrogens with one attached hydrogen (secondary N) is 1. The number of benzene rings is 1. The summed E-state index contributed by atoms with van der Waals surface area (Å²) in [4.78, 5) is 20.3. The molecule has 0 aliphatic rings. The molecule has 0 aliphatic carbocycles. The molecule has 0 fully saturated rings. The number of hydrogen-bond donors (Lipinski definition) is 1. The van der Waals surface area contributed by atoms with Crippen LogP contribution in [0.15, 0.2) is 55.1 Å². The maximum Gasteiger partial charge on any atom is 0.573 e. The quantitative estimate of drug-likeness (QED) is 0.714. The number of nitrogens with zero attached hydrogens (tertiary/aromatic N) is 4. The van der Waals surface area contributed by atoms with E-state index in [9.17, 15) is 18.0 Å². The van der Waals surface area contributed by atoms with Gasteiger partial charge < -0.3 is 10.1 Å². The summed E-state index contributed by atoms with van der Waals surface area (Å²) in [5.41, 5.74) is 1.03. The molecule has 1 aromatic carbocycles. The highest BCUT2D eigenvalue weighted by atomic mass is 19.4. The summed E-state index contributed by atoms with van der Waals surface area (Å²) < 4.78 is 42.7. The lowest BCUT2D eigenvalue weighted by molar-refractivity contribution is -0.274. The van der Waals surface area contributed by atoms with Crippen LogP contribution in [0.3, 0.4) is 0 Å². The second-order valence-corrected chi connectivity index (χ2v) is 5.35. The summed E-state index contributed by atoms with van der Waals surface area (Å²) in [6.07, 6.45) is 1.51. The Morgan fingerprint density at radius 3 is 2.70 bits per heavy atom. The van der Waals surface area contributed by atoms with Gasteiger partial charge in [-0.05, 0) is 18.2 Å². The molecule has 0 radical (unpaired) electrons. The molecule has 0 aliphatic heterocycles. The van der Waals surface area contributed by atoms with Gasteiger partial charge in [-0.25, -0.2) is 0 Å². The molecule has 3 aromatic rings. The van der Waals surface area contributed by atoms with E-state index in [0.29, 0.717) is 17.9 Å². The van der Waals surface area contributed by atoms with E-state index in [2.05, 4.69) is 25.1 Å². The van der Waals surface area contributed by atoms with Crippen LogP contribution in [0.5, 0.6) is 5.75 Å². The van der Waals surface area contributed by atoms with E-state index in [1.165, 1.54) is 18.2 Å². The Balaban J connectivity index is 1.59. The Labute approximate surface area is 151 Å². The van der Waals surface area contributed by atoms with Gasteiger partial charge in [0.1, 0.15) is 17.1 Å². The second-order valence-electron chi connectivity index (χ2n) is 5.35. The van der Waals surface area contributed by atoms with Crippen LogP contribution < -0.4 is 10.1 Å². The number of ether oxygens (including phenoxy) is 1. The van der Waals surface area contributed by atoms with Crippen LogP contribution in [0.25, 0.3) is 11.4 Å². The summed E-state index contributed by atoms with van der Waals surface area (Å²) in [5, 5.41) is 6.85. The van der Waals surface area contributed by atoms with Gasteiger partial charge in [0.2, 0.25) is 0 Å². The molecule has 2 heterocycles. The number of rotatable bonds is 6. The summed E-state index contributed by atoms with van der Waals surface area (Å²) in [5.74, 6) is -1.22. The van der Waals surface area contributed by atoms with E-state index >= 15 is 0 Å². The molecule has 2 aromatic heterocycles. The van der Waals surface area contributed by atoms with Crippen molar-refractivity contribution in [1.82, 2.24) is 25.1 Å². The SMILES string of the molecule is O=C(NCCn1ccc(-c2cnccn2)n1)c1ccccc1OC(F)(F)F. The first-order valence-electron chi connectivity index (χ1n) is 7.85. The number of carbonyl (C=O) groups is 1. The maximum absolute atomic E-state index is 12.4. The van der Waals surface area contributed by atoms with Gasteiger partial charge in [0.25, 0.3) is 5.91 Å². The number of halogens is 3. The molecule has 7 nitrogen and oxygen atoms in total. The minimum Gasteiger partial charge on any atom is -0.405 e. The molecular formula is C17H14F3N5O2. The lowest BCUT2D eigenvalue weighted by Crippen LogP contribution is -2.28. The van der Waals surface area contributed by atoms with Gasteiger partial charge in [-0.3, -0.25) is 19.4 Å². The molecule has 10 heteroatoms. The average molecular weight is 377 g/mol. The van der Waals surface area contributed by atoms with E-state index in [-0.39, 0.29) is 12.1 Å². The van der Waals surface area contributed by atoms with Crippen molar-refractivity contribution in [2.24, 2.45) is 0 Å². The van der Waals surface area contributed by atoms with Crippen molar-refractivity contribution in [3.63, 3.8) is 0 Å². The zero-order valence-electron chi connectivity index (χ0n) is 13.8. The third-order valence-corrected chi connectivity index (χ3v) is 3.45. The standard InChI is InChI=1S/C17H14F3N5O2/c18-17(19,20)27-15-4-2-1-3-12(15)16(26)23-8-10-25-9-5-13(24-25)14-11-21-6-7-22-14/h1-7,9,11H,8,10H2,(H,23,26). The van der Waals surface area contributed by atoms with Crippen molar-refractivity contribution in [2.45, 2.75) is 12.9 Å². The summed E-state index contributed by atoms with van der Waals surface area (Å²) in [6, 6.07) is 6.91. The first-order valence-corrected chi connectivity index (χ1v) is 7.85. The molecule has 27 heavy (non-hydrogen) atoms. The van der Waals surface area contributed by atoms with Crippen LogP contribution in [-0.2, 0) is 6.54 Å². The minimum atomic E-state index is -4.87. The van der Waals surface area contributed by atoms with Gasteiger partial charge in [0, 0.05) is 25.1 Å². The highest BCUT2D eigenvalue weighted by Gasteiger charge is 2.32. The summed E-state index contributed by atoms with van der Waals surface area (Å²) >= 11 is 0. The maximum atomic E-state index is 12.4. The smallest absolute Gasteiger partial charge is 0.405 e. The molecule has 140 valence electrons. The third-order valence-electron chi connectivity index (χ3n) is 3.45. The lowest BCUT2D eigenvalue weighted by atomic mass is 10.2. The minimum absolute atomic E-state index is 0.167. The van der Waals surface area contributed by atoms with E-state index < -0.39 is 18.0 Å². The molecule has 0 saturated heterocycles. The average Bonchev–Trinajstić information content (AvgIpc) is 3.10. The van der Waals surface area contributed by atoms with Crippen molar-refractivity contribution in [3.05, 3.63) is 60.7 Å². The lowest BCUT2D eigenvalue weighted by Gasteiger charge is -2.13. The molecule has 0 bridgehead atoms. The van der Waals surface area contributed by atoms with Crippen LogP contribution in [0, 0.1) is 0 Å². The summed E-state index contributed by atoms with van der Waals surface area (Å²) in [6.45, 7) is 0.495. The van der Waals surface area contributed by atoms with Gasteiger partial charge >= 0.3 is 6.36 Å².